The molecule has 1 N–H and O–H groups in total. The average Bonchev–Trinajstić information content (AvgIpc) is 2.93. The van der Waals surface area contributed by atoms with Crippen molar-refractivity contribution in [1.82, 2.24) is 5.32 Å². The summed E-state index contributed by atoms with van der Waals surface area (Å²) in [5, 5.41) is 2.96. The zero-order chi connectivity index (χ0) is 25.6. The molecule has 184 valence electrons. The summed E-state index contributed by atoms with van der Waals surface area (Å²) in [6, 6.07) is 31.2. The molecule has 4 aromatic rings. The Morgan fingerprint density at radius 1 is 0.838 bits per heavy atom. The highest BCUT2D eigenvalue weighted by atomic mass is 32.2. The van der Waals surface area contributed by atoms with Crippen LogP contribution in [-0.2, 0) is 17.8 Å². The molecule has 5 rings (SSSR count). The molecule has 0 aromatic heterocycles. The van der Waals surface area contributed by atoms with Gasteiger partial charge in [-0.15, -0.1) is 0 Å². The number of benzene rings is 4. The Morgan fingerprint density at radius 3 is 2.30 bits per heavy atom. The number of para-hydroxylation sites is 1. The van der Waals surface area contributed by atoms with Crippen LogP contribution in [0.2, 0.25) is 0 Å². The second kappa shape index (κ2) is 11.3. The van der Waals surface area contributed by atoms with Gasteiger partial charge in [-0.2, -0.15) is 0 Å². The van der Waals surface area contributed by atoms with Gasteiger partial charge in [0.15, 0.2) is 0 Å². The fourth-order valence-corrected chi connectivity index (χ4v) is 5.20. The van der Waals surface area contributed by atoms with Gasteiger partial charge in [-0.1, -0.05) is 78.5 Å². The molecule has 37 heavy (non-hydrogen) atoms. The molecular formula is C31H25FN2O2S. The SMILES string of the molecule is O=C(NCCc1ccccc1)c1ccc(/C=C2\Sc3ccccc3N(Cc3ccc(F)cc3)C2=O)cc1. The lowest BCUT2D eigenvalue weighted by Crippen LogP contribution is -2.33. The first kappa shape index (κ1) is 24.5. The zero-order valence-electron chi connectivity index (χ0n) is 20.1. The van der Waals surface area contributed by atoms with Crippen LogP contribution < -0.4 is 10.2 Å². The average molecular weight is 509 g/mol. The predicted octanol–water partition coefficient (Wildman–Crippen LogP) is 6.48. The maximum Gasteiger partial charge on any atom is 0.265 e. The lowest BCUT2D eigenvalue weighted by molar-refractivity contribution is -0.114. The lowest BCUT2D eigenvalue weighted by Gasteiger charge is -2.30. The van der Waals surface area contributed by atoms with E-state index in [4.69, 9.17) is 0 Å². The van der Waals surface area contributed by atoms with E-state index in [2.05, 4.69) is 5.32 Å². The summed E-state index contributed by atoms with van der Waals surface area (Å²) in [6.45, 7) is 0.902. The first-order valence-electron chi connectivity index (χ1n) is 12.0. The smallest absolute Gasteiger partial charge is 0.265 e. The summed E-state index contributed by atoms with van der Waals surface area (Å²) < 4.78 is 13.4. The quantitative estimate of drug-likeness (QED) is 0.291. The van der Waals surface area contributed by atoms with E-state index >= 15 is 0 Å². The molecule has 6 heteroatoms. The second-order valence-electron chi connectivity index (χ2n) is 8.71. The van der Waals surface area contributed by atoms with Crippen molar-refractivity contribution in [3.63, 3.8) is 0 Å². The molecule has 1 aliphatic rings. The van der Waals surface area contributed by atoms with Gasteiger partial charge >= 0.3 is 0 Å². The Morgan fingerprint density at radius 2 is 1.54 bits per heavy atom. The van der Waals surface area contributed by atoms with E-state index in [0.29, 0.717) is 23.6 Å². The van der Waals surface area contributed by atoms with E-state index in [1.807, 2.05) is 72.8 Å². The number of amides is 2. The summed E-state index contributed by atoms with van der Waals surface area (Å²) in [5.41, 5.74) is 4.26. The van der Waals surface area contributed by atoms with Gasteiger partial charge < -0.3 is 10.2 Å². The van der Waals surface area contributed by atoms with Gasteiger partial charge in [-0.25, -0.2) is 4.39 Å². The van der Waals surface area contributed by atoms with Crippen LogP contribution in [0.5, 0.6) is 0 Å². The first-order valence-corrected chi connectivity index (χ1v) is 12.9. The van der Waals surface area contributed by atoms with Crippen LogP contribution in [0.4, 0.5) is 10.1 Å². The minimum atomic E-state index is -0.307. The van der Waals surface area contributed by atoms with Crippen molar-refractivity contribution in [1.29, 1.82) is 0 Å². The number of hydrogen-bond donors (Lipinski definition) is 1. The van der Waals surface area contributed by atoms with Crippen molar-refractivity contribution in [2.75, 3.05) is 11.4 Å². The molecule has 0 saturated heterocycles. The molecule has 4 nitrogen and oxygen atoms in total. The minimum Gasteiger partial charge on any atom is -0.352 e. The Labute approximate surface area is 219 Å². The van der Waals surface area contributed by atoms with E-state index in [1.54, 1.807) is 29.2 Å². The normalized spacial score (nSPS) is 13.9. The van der Waals surface area contributed by atoms with Gasteiger partial charge in [0, 0.05) is 17.0 Å². The molecule has 1 aliphatic heterocycles. The van der Waals surface area contributed by atoms with E-state index in [-0.39, 0.29) is 17.6 Å². The number of nitrogens with zero attached hydrogens (tertiary/aromatic N) is 1. The van der Waals surface area contributed by atoms with E-state index < -0.39 is 0 Å². The molecule has 0 radical (unpaired) electrons. The largest absolute Gasteiger partial charge is 0.352 e. The number of carbonyl (C=O) groups is 2. The van der Waals surface area contributed by atoms with Gasteiger partial charge in [0.25, 0.3) is 11.8 Å². The van der Waals surface area contributed by atoms with E-state index in [9.17, 15) is 14.0 Å². The van der Waals surface area contributed by atoms with Crippen LogP contribution in [0.3, 0.4) is 0 Å². The highest BCUT2D eigenvalue weighted by Crippen LogP contribution is 2.42. The van der Waals surface area contributed by atoms with Crippen molar-refractivity contribution in [2.45, 2.75) is 17.9 Å². The van der Waals surface area contributed by atoms with E-state index in [0.717, 1.165) is 28.1 Å². The van der Waals surface area contributed by atoms with Crippen molar-refractivity contribution >= 4 is 35.3 Å². The fraction of sp³-hybridized carbons (Fsp3) is 0.0968. The molecule has 0 spiro atoms. The number of halogens is 1. The molecule has 0 unspecified atom stereocenters. The number of nitrogens with one attached hydrogen (secondary N) is 1. The molecule has 0 fully saturated rings. The fourth-order valence-electron chi connectivity index (χ4n) is 4.14. The van der Waals surface area contributed by atoms with E-state index in [1.165, 1.54) is 29.5 Å². The van der Waals surface area contributed by atoms with Crippen LogP contribution in [0.1, 0.15) is 27.0 Å². The molecule has 0 bridgehead atoms. The second-order valence-corrected chi connectivity index (χ2v) is 9.79. The van der Waals surface area contributed by atoms with Crippen molar-refractivity contribution in [3.05, 3.63) is 136 Å². The highest BCUT2D eigenvalue weighted by Gasteiger charge is 2.29. The molecule has 0 aliphatic carbocycles. The van der Waals surface area contributed by atoms with Crippen LogP contribution in [0.25, 0.3) is 6.08 Å². The predicted molar refractivity (Wildman–Crippen MR) is 147 cm³/mol. The molecule has 2 amide bonds. The molecular weight excluding hydrogens is 483 g/mol. The van der Waals surface area contributed by atoms with Crippen molar-refractivity contribution in [3.8, 4) is 0 Å². The number of anilines is 1. The zero-order valence-corrected chi connectivity index (χ0v) is 20.9. The van der Waals surface area contributed by atoms with Gasteiger partial charge in [0.1, 0.15) is 5.82 Å². The van der Waals surface area contributed by atoms with Crippen LogP contribution in [0.15, 0.2) is 113 Å². The topological polar surface area (TPSA) is 49.4 Å². The summed E-state index contributed by atoms with van der Waals surface area (Å²) in [6.07, 6.45) is 2.61. The van der Waals surface area contributed by atoms with Crippen LogP contribution in [-0.4, -0.2) is 18.4 Å². The molecule has 1 heterocycles. The Hall–Kier alpha value is -4.16. The maximum absolute atomic E-state index is 13.5. The first-order chi connectivity index (χ1) is 18.1. The number of hydrogen-bond acceptors (Lipinski definition) is 3. The van der Waals surface area contributed by atoms with Crippen LogP contribution >= 0.6 is 11.8 Å². The Bertz CT molecular complexity index is 1430. The van der Waals surface area contributed by atoms with Crippen molar-refractivity contribution in [2.24, 2.45) is 0 Å². The summed E-state index contributed by atoms with van der Waals surface area (Å²) >= 11 is 1.43. The number of rotatable bonds is 7. The highest BCUT2D eigenvalue weighted by molar-refractivity contribution is 8.04. The van der Waals surface area contributed by atoms with Gasteiger partial charge in [0.05, 0.1) is 17.1 Å². The molecule has 0 saturated carbocycles. The maximum atomic E-state index is 13.5. The standard InChI is InChI=1S/C31H25FN2O2S/c32-26-16-12-24(13-17-26)21-34-27-8-4-5-9-28(27)37-29(31(34)36)20-23-10-14-25(15-11-23)30(35)33-19-18-22-6-2-1-3-7-22/h1-17,20H,18-19,21H2,(H,33,35)/b29-20-. The minimum absolute atomic E-state index is 0.115. The number of thioether (sulfide) groups is 1. The van der Waals surface area contributed by atoms with Crippen LogP contribution in [0, 0.1) is 5.82 Å². The number of carbonyl (C=O) groups excluding carboxylic acids is 2. The Kier molecular flexibility index (Phi) is 7.47. The molecule has 0 atom stereocenters. The summed E-state index contributed by atoms with van der Waals surface area (Å²) in [4.78, 5) is 29.3. The third-order valence-electron chi connectivity index (χ3n) is 6.10. The third kappa shape index (κ3) is 5.98. The lowest BCUT2D eigenvalue weighted by atomic mass is 10.1. The van der Waals surface area contributed by atoms with Gasteiger partial charge in [0.2, 0.25) is 0 Å². The van der Waals surface area contributed by atoms with Gasteiger partial charge in [-0.3, -0.25) is 9.59 Å². The summed E-state index contributed by atoms with van der Waals surface area (Å²) in [5.74, 6) is -0.549. The third-order valence-corrected chi connectivity index (χ3v) is 7.18. The Balaban J connectivity index is 1.30. The molecule has 4 aromatic carbocycles. The van der Waals surface area contributed by atoms with Crippen molar-refractivity contribution < 1.29 is 14.0 Å². The number of fused-ring (bicyclic) bond motifs is 1. The summed E-state index contributed by atoms with van der Waals surface area (Å²) in [7, 11) is 0. The van der Waals surface area contributed by atoms with Gasteiger partial charge in [-0.05, 0) is 65.6 Å². The monoisotopic (exact) mass is 508 g/mol.